The van der Waals surface area contributed by atoms with Crippen molar-refractivity contribution in [2.75, 3.05) is 13.6 Å². The van der Waals surface area contributed by atoms with Gasteiger partial charge in [-0.15, -0.1) is 0 Å². The number of hydrogen-bond donors (Lipinski definition) is 2. The molecule has 2 rings (SSSR count). The van der Waals surface area contributed by atoms with E-state index in [4.69, 9.17) is 5.73 Å². The molecular weight excluding hydrogens is 218 g/mol. The molecule has 1 unspecified atom stereocenters. The van der Waals surface area contributed by atoms with Gasteiger partial charge in [0.15, 0.2) is 0 Å². The number of amides is 1. The van der Waals surface area contributed by atoms with Crippen LogP contribution in [0.3, 0.4) is 0 Å². The van der Waals surface area contributed by atoms with Crippen molar-refractivity contribution < 1.29 is 4.79 Å². The first-order valence-electron chi connectivity index (χ1n) is 5.80. The Kier molecular flexibility index (Phi) is 3.28. The molecule has 0 spiro atoms. The third-order valence-electron chi connectivity index (χ3n) is 3.22. The number of likely N-dealkylation sites (N-methyl/N-ethyl adjacent to an activating group) is 1. The van der Waals surface area contributed by atoms with Crippen LogP contribution < -0.4 is 11.3 Å². The minimum Gasteiger partial charge on any atom is -0.336 e. The molecule has 1 aromatic heterocycles. The summed E-state index contributed by atoms with van der Waals surface area (Å²) in [6.07, 6.45) is 2.26. The number of H-pyrrole nitrogens is 1. The summed E-state index contributed by atoms with van der Waals surface area (Å²) in [5.41, 5.74) is 5.75. The van der Waals surface area contributed by atoms with Gasteiger partial charge in [-0.1, -0.05) is 6.07 Å². The lowest BCUT2D eigenvalue weighted by atomic mass is 10.1. The fourth-order valence-electron chi connectivity index (χ4n) is 2.06. The van der Waals surface area contributed by atoms with Crippen LogP contribution in [0, 0.1) is 5.92 Å². The number of hydrogen-bond acceptors (Lipinski definition) is 3. The summed E-state index contributed by atoms with van der Waals surface area (Å²) < 4.78 is 0. The molecule has 3 N–H and O–H groups in total. The zero-order valence-corrected chi connectivity index (χ0v) is 9.85. The zero-order valence-electron chi connectivity index (χ0n) is 9.85. The topological polar surface area (TPSA) is 79.2 Å². The quantitative estimate of drug-likeness (QED) is 0.781. The summed E-state index contributed by atoms with van der Waals surface area (Å²) >= 11 is 0. The Hall–Kier alpha value is -1.62. The van der Waals surface area contributed by atoms with Crippen molar-refractivity contribution in [2.24, 2.45) is 11.7 Å². The molecule has 0 aromatic carbocycles. The highest BCUT2D eigenvalue weighted by Crippen LogP contribution is 2.34. The van der Waals surface area contributed by atoms with Gasteiger partial charge in [0, 0.05) is 25.7 Å². The summed E-state index contributed by atoms with van der Waals surface area (Å²) in [4.78, 5) is 27.5. The number of carbonyl (C=O) groups excluding carboxylic acids is 1. The number of rotatable bonds is 4. The molecule has 1 aliphatic carbocycles. The van der Waals surface area contributed by atoms with Crippen molar-refractivity contribution in [3.8, 4) is 0 Å². The van der Waals surface area contributed by atoms with Crippen LogP contribution in [0.5, 0.6) is 0 Å². The number of carbonyl (C=O) groups is 1. The number of aromatic nitrogens is 1. The van der Waals surface area contributed by atoms with Crippen molar-refractivity contribution in [1.82, 2.24) is 9.88 Å². The molecule has 1 aromatic rings. The van der Waals surface area contributed by atoms with Crippen LogP contribution in [0.4, 0.5) is 0 Å². The standard InChI is InChI=1S/C12H17N3O2/c1-15(10(7-13)8-5-6-8)12(17)9-3-2-4-11(16)14-9/h2-4,8,10H,5-7,13H2,1H3,(H,14,16). The average Bonchev–Trinajstić information content (AvgIpc) is 3.13. The van der Waals surface area contributed by atoms with E-state index in [0.29, 0.717) is 18.2 Å². The highest BCUT2D eigenvalue weighted by molar-refractivity contribution is 5.92. The number of nitrogens with one attached hydrogen (secondary N) is 1. The fraction of sp³-hybridized carbons (Fsp3) is 0.500. The van der Waals surface area contributed by atoms with Gasteiger partial charge in [-0.05, 0) is 24.8 Å². The van der Waals surface area contributed by atoms with Crippen LogP contribution >= 0.6 is 0 Å². The van der Waals surface area contributed by atoms with Gasteiger partial charge < -0.3 is 15.6 Å². The molecule has 0 bridgehead atoms. The maximum Gasteiger partial charge on any atom is 0.270 e. The van der Waals surface area contributed by atoms with E-state index in [1.165, 1.54) is 6.07 Å². The molecule has 1 saturated carbocycles. The van der Waals surface area contributed by atoms with Gasteiger partial charge in [0.2, 0.25) is 5.56 Å². The van der Waals surface area contributed by atoms with E-state index in [2.05, 4.69) is 4.98 Å². The molecule has 1 amide bonds. The largest absolute Gasteiger partial charge is 0.336 e. The Morgan fingerprint density at radius 3 is 2.82 bits per heavy atom. The summed E-state index contributed by atoms with van der Waals surface area (Å²) in [5.74, 6) is 0.342. The van der Waals surface area contributed by atoms with Crippen LogP contribution in [0.15, 0.2) is 23.0 Å². The van der Waals surface area contributed by atoms with Gasteiger partial charge in [0.25, 0.3) is 5.91 Å². The molecule has 17 heavy (non-hydrogen) atoms. The number of aromatic amines is 1. The first-order valence-corrected chi connectivity index (χ1v) is 5.80. The Bertz CT molecular complexity index is 465. The van der Waals surface area contributed by atoms with E-state index in [-0.39, 0.29) is 17.5 Å². The highest BCUT2D eigenvalue weighted by atomic mass is 16.2. The molecule has 92 valence electrons. The second-order valence-electron chi connectivity index (χ2n) is 4.49. The lowest BCUT2D eigenvalue weighted by Crippen LogP contribution is -2.43. The zero-order chi connectivity index (χ0) is 12.4. The van der Waals surface area contributed by atoms with Crippen molar-refractivity contribution in [3.63, 3.8) is 0 Å². The Morgan fingerprint density at radius 1 is 1.59 bits per heavy atom. The SMILES string of the molecule is CN(C(=O)c1cccc(=O)[nH]1)C(CN)C1CC1. The first-order chi connectivity index (χ1) is 8.13. The predicted molar refractivity (Wildman–Crippen MR) is 64.7 cm³/mol. The Morgan fingerprint density at radius 2 is 2.29 bits per heavy atom. The molecule has 1 atom stereocenters. The molecular formula is C12H17N3O2. The van der Waals surface area contributed by atoms with Crippen LogP contribution in [0.2, 0.25) is 0 Å². The van der Waals surface area contributed by atoms with Crippen LogP contribution in [0.25, 0.3) is 0 Å². The van der Waals surface area contributed by atoms with E-state index < -0.39 is 0 Å². The fourth-order valence-corrected chi connectivity index (χ4v) is 2.06. The smallest absolute Gasteiger partial charge is 0.270 e. The first kappa shape index (κ1) is 11.9. The molecule has 0 radical (unpaired) electrons. The maximum atomic E-state index is 12.1. The molecule has 1 aliphatic rings. The van der Waals surface area contributed by atoms with Crippen molar-refractivity contribution in [2.45, 2.75) is 18.9 Å². The van der Waals surface area contributed by atoms with Gasteiger partial charge >= 0.3 is 0 Å². The number of nitrogens with two attached hydrogens (primary N) is 1. The highest BCUT2D eigenvalue weighted by Gasteiger charge is 2.35. The maximum absolute atomic E-state index is 12.1. The van der Waals surface area contributed by atoms with E-state index >= 15 is 0 Å². The third kappa shape index (κ3) is 2.55. The van der Waals surface area contributed by atoms with Crippen molar-refractivity contribution >= 4 is 5.91 Å². The molecule has 0 aliphatic heterocycles. The molecule has 1 heterocycles. The average molecular weight is 235 g/mol. The molecule has 5 heteroatoms. The Balaban J connectivity index is 2.16. The van der Waals surface area contributed by atoms with E-state index in [1.54, 1.807) is 24.1 Å². The van der Waals surface area contributed by atoms with E-state index in [0.717, 1.165) is 12.8 Å². The second kappa shape index (κ2) is 4.71. The van der Waals surface area contributed by atoms with Crippen molar-refractivity contribution in [3.05, 3.63) is 34.2 Å². The summed E-state index contributed by atoms with van der Waals surface area (Å²) in [7, 11) is 1.74. The predicted octanol–water partition coefficient (Wildman–Crippen LogP) is 0.184. The molecule has 1 fully saturated rings. The molecule has 5 nitrogen and oxygen atoms in total. The normalized spacial score (nSPS) is 16.6. The van der Waals surface area contributed by atoms with Gasteiger partial charge in [-0.3, -0.25) is 9.59 Å². The lowest BCUT2D eigenvalue weighted by Gasteiger charge is -2.26. The van der Waals surface area contributed by atoms with Gasteiger partial charge in [0.05, 0.1) is 0 Å². The summed E-state index contributed by atoms with van der Waals surface area (Å²) in [6, 6.07) is 4.65. The van der Waals surface area contributed by atoms with E-state index in [1.807, 2.05) is 0 Å². The Labute approximate surface area is 99.6 Å². The summed E-state index contributed by atoms with van der Waals surface area (Å²) in [5, 5.41) is 0. The van der Waals surface area contributed by atoms with Gasteiger partial charge in [-0.25, -0.2) is 0 Å². The second-order valence-corrected chi connectivity index (χ2v) is 4.49. The van der Waals surface area contributed by atoms with Gasteiger partial charge in [0.1, 0.15) is 5.69 Å². The minimum atomic E-state index is -0.264. The van der Waals surface area contributed by atoms with Crippen molar-refractivity contribution in [1.29, 1.82) is 0 Å². The number of pyridine rings is 1. The van der Waals surface area contributed by atoms with E-state index in [9.17, 15) is 9.59 Å². The minimum absolute atomic E-state index is 0.0752. The molecule has 0 saturated heterocycles. The summed E-state index contributed by atoms with van der Waals surface area (Å²) in [6.45, 7) is 0.462. The van der Waals surface area contributed by atoms with Crippen LogP contribution in [-0.4, -0.2) is 35.4 Å². The van der Waals surface area contributed by atoms with Crippen LogP contribution in [0.1, 0.15) is 23.3 Å². The number of nitrogens with zero attached hydrogens (tertiary/aromatic N) is 1. The van der Waals surface area contributed by atoms with Gasteiger partial charge in [-0.2, -0.15) is 0 Å². The third-order valence-corrected chi connectivity index (χ3v) is 3.22. The van der Waals surface area contributed by atoms with Crippen LogP contribution in [-0.2, 0) is 0 Å². The lowest BCUT2D eigenvalue weighted by molar-refractivity contribution is 0.0712. The monoisotopic (exact) mass is 235 g/mol.